The van der Waals surface area contributed by atoms with Gasteiger partial charge in [-0.2, -0.15) is 0 Å². The number of pyridine rings is 1. The maximum Gasteiger partial charge on any atom is 0.273 e. The van der Waals surface area contributed by atoms with E-state index in [1.165, 1.54) is 43.3 Å². The van der Waals surface area contributed by atoms with Crippen molar-refractivity contribution in [3.63, 3.8) is 0 Å². The van der Waals surface area contributed by atoms with Crippen LogP contribution < -0.4 is 10.0 Å². The average molecular weight is 480 g/mol. The zero-order valence-electron chi connectivity index (χ0n) is 18.3. The number of benzene rings is 2. The summed E-state index contributed by atoms with van der Waals surface area (Å²) < 4.78 is 29.5. The van der Waals surface area contributed by atoms with E-state index in [4.69, 9.17) is 0 Å². The molecular weight excluding hydrogens is 458 g/mol. The van der Waals surface area contributed by atoms with Crippen molar-refractivity contribution in [2.24, 2.45) is 0 Å². The van der Waals surface area contributed by atoms with Crippen molar-refractivity contribution in [3.05, 3.63) is 99.5 Å². The van der Waals surface area contributed by atoms with Gasteiger partial charge in [0.15, 0.2) is 0 Å². The van der Waals surface area contributed by atoms with Crippen LogP contribution in [0.2, 0.25) is 0 Å². The SMILES string of the molecule is Cc1ccn2cc(CNC(=O)c3ccc(NS(=O)(=O)c4ccc(C)c([N+](=O)[O-])c4)cc3)nc2c1. The Morgan fingerprint density at radius 3 is 2.53 bits per heavy atom. The number of anilines is 1. The highest BCUT2D eigenvalue weighted by atomic mass is 32.2. The Morgan fingerprint density at radius 1 is 1.09 bits per heavy atom. The molecule has 0 aliphatic heterocycles. The Hall–Kier alpha value is -4.25. The normalized spacial score (nSPS) is 11.4. The molecule has 2 N–H and O–H groups in total. The molecule has 10 nitrogen and oxygen atoms in total. The minimum atomic E-state index is -4.05. The highest BCUT2D eigenvalue weighted by molar-refractivity contribution is 7.92. The number of amides is 1. The number of sulfonamides is 1. The Morgan fingerprint density at radius 2 is 1.82 bits per heavy atom. The first-order chi connectivity index (χ1) is 16.1. The van der Waals surface area contributed by atoms with Crippen LogP contribution in [-0.4, -0.2) is 28.6 Å². The number of nitrogens with zero attached hydrogens (tertiary/aromatic N) is 3. The van der Waals surface area contributed by atoms with Crippen molar-refractivity contribution >= 4 is 33.0 Å². The second kappa shape index (κ2) is 8.94. The molecule has 4 aromatic rings. The lowest BCUT2D eigenvalue weighted by atomic mass is 10.2. The minimum absolute atomic E-state index is 0.218. The van der Waals surface area contributed by atoms with Crippen LogP contribution in [-0.2, 0) is 16.6 Å². The second-order valence-corrected chi connectivity index (χ2v) is 9.46. The molecule has 2 aromatic heterocycles. The lowest BCUT2D eigenvalue weighted by Crippen LogP contribution is -2.23. The molecule has 174 valence electrons. The highest BCUT2D eigenvalue weighted by Crippen LogP contribution is 2.24. The third-order valence-corrected chi connectivity index (χ3v) is 6.56. The second-order valence-electron chi connectivity index (χ2n) is 7.77. The Bertz CT molecular complexity index is 1510. The van der Waals surface area contributed by atoms with Gasteiger partial charge in [-0.25, -0.2) is 13.4 Å². The van der Waals surface area contributed by atoms with Crippen LogP contribution in [0, 0.1) is 24.0 Å². The lowest BCUT2D eigenvalue weighted by molar-refractivity contribution is -0.385. The fourth-order valence-corrected chi connectivity index (χ4v) is 4.43. The molecule has 4 rings (SSSR count). The summed E-state index contributed by atoms with van der Waals surface area (Å²) in [6, 6.07) is 13.5. The van der Waals surface area contributed by atoms with Crippen LogP contribution in [0.1, 0.15) is 27.2 Å². The van der Waals surface area contributed by atoms with Crippen LogP contribution in [0.4, 0.5) is 11.4 Å². The molecule has 1 amide bonds. The predicted octanol–water partition coefficient (Wildman–Crippen LogP) is 3.59. The lowest BCUT2D eigenvalue weighted by Gasteiger charge is -2.09. The van der Waals surface area contributed by atoms with E-state index < -0.39 is 14.9 Å². The van der Waals surface area contributed by atoms with E-state index in [-0.39, 0.29) is 28.7 Å². The first-order valence-corrected chi connectivity index (χ1v) is 11.7. The minimum Gasteiger partial charge on any atom is -0.346 e. The number of nitro groups is 1. The van der Waals surface area contributed by atoms with Crippen molar-refractivity contribution in [2.45, 2.75) is 25.3 Å². The standard InChI is InChI=1S/C23H21N5O5S/c1-15-9-10-27-14-19(25-22(27)11-15)13-24-23(29)17-4-6-18(7-5-17)26-34(32,33)20-8-3-16(2)21(12-20)28(30)31/h3-12,14,26H,13H2,1-2H3,(H,24,29). The summed E-state index contributed by atoms with van der Waals surface area (Å²) in [4.78, 5) is 27.2. The Labute approximate surface area is 195 Å². The van der Waals surface area contributed by atoms with Gasteiger partial charge in [-0.3, -0.25) is 19.6 Å². The molecule has 2 heterocycles. The maximum absolute atomic E-state index is 12.6. The maximum atomic E-state index is 12.6. The van der Waals surface area contributed by atoms with Crippen LogP contribution in [0.5, 0.6) is 0 Å². The van der Waals surface area contributed by atoms with Gasteiger partial charge in [-0.1, -0.05) is 6.07 Å². The third kappa shape index (κ3) is 4.89. The van der Waals surface area contributed by atoms with Gasteiger partial charge >= 0.3 is 0 Å². The van der Waals surface area contributed by atoms with Crippen LogP contribution in [0.25, 0.3) is 5.65 Å². The first-order valence-electron chi connectivity index (χ1n) is 10.2. The predicted molar refractivity (Wildman–Crippen MR) is 126 cm³/mol. The molecule has 0 unspecified atom stereocenters. The van der Waals surface area contributed by atoms with Gasteiger partial charge in [0, 0.05) is 35.3 Å². The van der Waals surface area contributed by atoms with Crippen LogP contribution in [0.15, 0.2) is 71.9 Å². The smallest absolute Gasteiger partial charge is 0.273 e. The zero-order chi connectivity index (χ0) is 24.5. The van der Waals surface area contributed by atoms with E-state index in [1.807, 2.05) is 35.9 Å². The number of fused-ring (bicyclic) bond motifs is 1. The fourth-order valence-electron chi connectivity index (χ4n) is 3.35. The molecule has 0 bridgehead atoms. The number of nitro benzene ring substituents is 1. The van der Waals surface area contributed by atoms with Crippen LogP contribution in [0.3, 0.4) is 0 Å². The van der Waals surface area contributed by atoms with Crippen molar-refractivity contribution in [2.75, 3.05) is 4.72 Å². The summed E-state index contributed by atoms with van der Waals surface area (Å²) in [6.45, 7) is 3.74. The van der Waals surface area contributed by atoms with E-state index >= 15 is 0 Å². The van der Waals surface area contributed by atoms with Gasteiger partial charge in [0.25, 0.3) is 21.6 Å². The van der Waals surface area contributed by atoms with Gasteiger partial charge < -0.3 is 9.72 Å². The quantitative estimate of drug-likeness (QED) is 0.307. The molecular formula is C23H21N5O5S. The van der Waals surface area contributed by atoms with Crippen molar-refractivity contribution in [3.8, 4) is 0 Å². The topological polar surface area (TPSA) is 136 Å². The molecule has 0 aliphatic rings. The summed E-state index contributed by atoms with van der Waals surface area (Å²) in [6.07, 6.45) is 3.74. The molecule has 2 aromatic carbocycles. The van der Waals surface area contributed by atoms with Gasteiger partial charge in [0.1, 0.15) is 5.65 Å². The van der Waals surface area contributed by atoms with E-state index in [0.29, 0.717) is 16.8 Å². The van der Waals surface area contributed by atoms with Gasteiger partial charge in [0.2, 0.25) is 0 Å². The van der Waals surface area contributed by atoms with E-state index in [1.54, 1.807) is 0 Å². The molecule has 0 aliphatic carbocycles. The number of carbonyl (C=O) groups is 1. The summed E-state index contributed by atoms with van der Waals surface area (Å²) in [5.41, 5.74) is 3.22. The van der Waals surface area contributed by atoms with Crippen molar-refractivity contribution < 1.29 is 18.1 Å². The molecule has 11 heteroatoms. The van der Waals surface area contributed by atoms with Crippen molar-refractivity contribution in [1.82, 2.24) is 14.7 Å². The number of rotatable bonds is 7. The van der Waals surface area contributed by atoms with Gasteiger partial charge in [-0.05, 0) is 61.9 Å². The fraction of sp³-hybridized carbons (Fsp3) is 0.130. The summed E-state index contributed by atoms with van der Waals surface area (Å²) >= 11 is 0. The Kier molecular flexibility index (Phi) is 6.03. The average Bonchev–Trinajstić information content (AvgIpc) is 3.19. The highest BCUT2D eigenvalue weighted by Gasteiger charge is 2.20. The largest absolute Gasteiger partial charge is 0.346 e. The Balaban J connectivity index is 1.42. The number of hydrogen-bond donors (Lipinski definition) is 2. The molecule has 0 spiro atoms. The summed E-state index contributed by atoms with van der Waals surface area (Å²) in [7, 11) is -4.05. The molecule has 0 fully saturated rings. The third-order valence-electron chi connectivity index (χ3n) is 5.18. The molecule has 0 saturated carbocycles. The molecule has 34 heavy (non-hydrogen) atoms. The van der Waals surface area contributed by atoms with Crippen molar-refractivity contribution in [1.29, 1.82) is 0 Å². The molecule has 0 radical (unpaired) electrons. The number of aryl methyl sites for hydroxylation is 2. The van der Waals surface area contributed by atoms with Gasteiger partial charge in [0.05, 0.1) is 22.1 Å². The first kappa shape index (κ1) is 22.9. The number of hydrogen-bond acceptors (Lipinski definition) is 6. The van der Waals surface area contributed by atoms with E-state index in [2.05, 4.69) is 15.0 Å². The number of aromatic nitrogens is 2. The molecule has 0 atom stereocenters. The monoisotopic (exact) mass is 479 g/mol. The molecule has 0 saturated heterocycles. The van der Waals surface area contributed by atoms with E-state index in [9.17, 15) is 23.3 Å². The summed E-state index contributed by atoms with van der Waals surface area (Å²) in [5.74, 6) is -0.336. The zero-order valence-corrected chi connectivity index (χ0v) is 19.2. The number of imidazole rings is 1. The van der Waals surface area contributed by atoms with Gasteiger partial charge in [-0.15, -0.1) is 0 Å². The van der Waals surface area contributed by atoms with E-state index in [0.717, 1.165) is 17.3 Å². The summed E-state index contributed by atoms with van der Waals surface area (Å²) in [5, 5.41) is 13.9. The van der Waals surface area contributed by atoms with Crippen LogP contribution >= 0.6 is 0 Å². The number of carbonyl (C=O) groups excluding carboxylic acids is 1. The number of nitrogens with one attached hydrogen (secondary N) is 2.